The van der Waals surface area contributed by atoms with Crippen molar-refractivity contribution in [3.63, 3.8) is 0 Å². The van der Waals surface area contributed by atoms with E-state index >= 15 is 0 Å². The number of amides is 1. The van der Waals surface area contributed by atoms with E-state index in [-0.39, 0.29) is 18.6 Å². The Morgan fingerprint density at radius 1 is 1.20 bits per heavy atom. The van der Waals surface area contributed by atoms with E-state index in [0.29, 0.717) is 12.1 Å². The van der Waals surface area contributed by atoms with Crippen LogP contribution in [0.2, 0.25) is 0 Å². The molecule has 1 fully saturated rings. The van der Waals surface area contributed by atoms with Gasteiger partial charge in [-0.25, -0.2) is 0 Å². The number of hydrogen-bond donors (Lipinski definition) is 3. The van der Waals surface area contributed by atoms with Crippen LogP contribution in [0.5, 0.6) is 5.75 Å². The molecular formula is C24H31N3O3. The highest BCUT2D eigenvalue weighted by Crippen LogP contribution is 2.19. The molecule has 2 aliphatic heterocycles. The van der Waals surface area contributed by atoms with E-state index in [1.54, 1.807) is 12.1 Å². The molecule has 2 atom stereocenters. The Hall–Kier alpha value is -2.41. The highest BCUT2D eigenvalue weighted by atomic mass is 16.5. The van der Waals surface area contributed by atoms with Crippen molar-refractivity contribution in [1.82, 2.24) is 15.5 Å². The first-order valence-corrected chi connectivity index (χ1v) is 10.9. The number of nitrogens with one attached hydrogen (secondary N) is 2. The Balaban J connectivity index is 1.21. The molecule has 1 amide bonds. The van der Waals surface area contributed by atoms with Crippen molar-refractivity contribution in [3.8, 4) is 5.75 Å². The van der Waals surface area contributed by atoms with Gasteiger partial charge in [-0.05, 0) is 61.2 Å². The van der Waals surface area contributed by atoms with Crippen molar-refractivity contribution in [2.75, 3.05) is 32.7 Å². The van der Waals surface area contributed by atoms with E-state index in [0.717, 1.165) is 51.2 Å². The molecule has 3 N–H and O–H groups in total. The smallest absolute Gasteiger partial charge is 0.251 e. The average molecular weight is 410 g/mol. The predicted molar refractivity (Wildman–Crippen MR) is 117 cm³/mol. The van der Waals surface area contributed by atoms with Crippen molar-refractivity contribution >= 4 is 5.91 Å². The number of hydrogen-bond acceptors (Lipinski definition) is 5. The molecule has 6 nitrogen and oxygen atoms in total. The maximum absolute atomic E-state index is 12.4. The van der Waals surface area contributed by atoms with Crippen molar-refractivity contribution in [2.24, 2.45) is 0 Å². The third-order valence-corrected chi connectivity index (χ3v) is 5.85. The van der Waals surface area contributed by atoms with Crippen LogP contribution >= 0.6 is 0 Å². The maximum atomic E-state index is 12.4. The van der Waals surface area contributed by atoms with E-state index in [9.17, 15) is 9.90 Å². The van der Waals surface area contributed by atoms with Crippen LogP contribution in [0.3, 0.4) is 0 Å². The Morgan fingerprint density at radius 2 is 2.00 bits per heavy atom. The van der Waals surface area contributed by atoms with Gasteiger partial charge in [-0.3, -0.25) is 9.69 Å². The Labute approximate surface area is 178 Å². The van der Waals surface area contributed by atoms with Crippen LogP contribution in [0.15, 0.2) is 48.5 Å². The zero-order valence-electron chi connectivity index (χ0n) is 17.3. The predicted octanol–water partition coefficient (Wildman–Crippen LogP) is 1.97. The summed E-state index contributed by atoms with van der Waals surface area (Å²) >= 11 is 0. The molecule has 2 aromatic carbocycles. The summed E-state index contributed by atoms with van der Waals surface area (Å²) in [5.41, 5.74) is 3.29. The molecule has 30 heavy (non-hydrogen) atoms. The standard InChI is InChI=1S/C24H31N3O3/c28-21(17-27-13-11-18-4-1-2-5-20(18)16-27)14-26-24(29)19-7-9-22(10-8-19)30-23-6-3-12-25-15-23/h1-2,4-5,7-10,21,23,25,28H,3,6,11-17H2,(H,26,29). The fraction of sp³-hybridized carbons (Fsp3) is 0.458. The quantitative estimate of drug-likeness (QED) is 0.652. The zero-order valence-corrected chi connectivity index (χ0v) is 17.3. The molecule has 0 aliphatic carbocycles. The maximum Gasteiger partial charge on any atom is 0.251 e. The second-order valence-electron chi connectivity index (χ2n) is 8.23. The lowest BCUT2D eigenvalue weighted by molar-refractivity contribution is 0.0841. The summed E-state index contributed by atoms with van der Waals surface area (Å²) in [6.45, 7) is 4.48. The number of rotatable bonds is 7. The van der Waals surface area contributed by atoms with Gasteiger partial charge in [0.15, 0.2) is 0 Å². The van der Waals surface area contributed by atoms with Gasteiger partial charge in [0.1, 0.15) is 11.9 Å². The van der Waals surface area contributed by atoms with Gasteiger partial charge in [0.25, 0.3) is 5.91 Å². The first kappa shape index (κ1) is 20.8. The number of β-amino-alcohol motifs (C(OH)–C–C–N with tert-alkyl or cyclic N) is 1. The van der Waals surface area contributed by atoms with E-state index in [2.05, 4.69) is 39.8 Å². The number of aliphatic hydroxyl groups is 1. The molecule has 0 saturated carbocycles. The van der Waals surface area contributed by atoms with Crippen LogP contribution in [-0.4, -0.2) is 60.8 Å². The Morgan fingerprint density at radius 3 is 2.77 bits per heavy atom. The number of carbonyl (C=O) groups excluding carboxylic acids is 1. The molecule has 0 spiro atoms. The normalized spacial score (nSPS) is 20.2. The first-order valence-electron chi connectivity index (χ1n) is 10.9. The van der Waals surface area contributed by atoms with Crippen molar-refractivity contribution < 1.29 is 14.6 Å². The van der Waals surface area contributed by atoms with Crippen molar-refractivity contribution in [2.45, 2.75) is 38.0 Å². The van der Waals surface area contributed by atoms with Gasteiger partial charge in [-0.15, -0.1) is 0 Å². The minimum Gasteiger partial charge on any atom is -0.489 e. The number of carbonyl (C=O) groups is 1. The number of ether oxygens (including phenoxy) is 1. The van der Waals surface area contributed by atoms with Crippen molar-refractivity contribution in [3.05, 3.63) is 65.2 Å². The van der Waals surface area contributed by atoms with Crippen LogP contribution < -0.4 is 15.4 Å². The molecule has 2 heterocycles. The third kappa shape index (κ3) is 5.59. The van der Waals surface area contributed by atoms with Crippen LogP contribution in [0.1, 0.15) is 34.3 Å². The topological polar surface area (TPSA) is 73.8 Å². The molecule has 2 aromatic rings. The lowest BCUT2D eigenvalue weighted by Crippen LogP contribution is -2.42. The SMILES string of the molecule is O=C(NCC(O)CN1CCc2ccccc2C1)c1ccc(OC2CCCNC2)cc1. The number of aliphatic hydroxyl groups excluding tert-OH is 1. The zero-order chi connectivity index (χ0) is 20.8. The van der Waals surface area contributed by atoms with Gasteiger partial charge >= 0.3 is 0 Å². The van der Waals surface area contributed by atoms with Gasteiger partial charge in [-0.2, -0.15) is 0 Å². The molecule has 0 bridgehead atoms. The van der Waals surface area contributed by atoms with Crippen LogP contribution in [0, 0.1) is 0 Å². The summed E-state index contributed by atoms with van der Waals surface area (Å²) in [4.78, 5) is 14.7. The van der Waals surface area contributed by atoms with Crippen molar-refractivity contribution in [1.29, 1.82) is 0 Å². The van der Waals surface area contributed by atoms with E-state index in [4.69, 9.17) is 4.74 Å². The third-order valence-electron chi connectivity index (χ3n) is 5.85. The van der Waals surface area contributed by atoms with Gasteiger partial charge in [-0.1, -0.05) is 24.3 Å². The molecule has 0 aromatic heterocycles. The fourth-order valence-electron chi connectivity index (χ4n) is 4.18. The largest absolute Gasteiger partial charge is 0.489 e. The monoisotopic (exact) mass is 409 g/mol. The summed E-state index contributed by atoms with van der Waals surface area (Å²) < 4.78 is 5.96. The second kappa shape index (κ2) is 10.1. The molecule has 2 aliphatic rings. The number of fused-ring (bicyclic) bond motifs is 1. The highest BCUT2D eigenvalue weighted by Gasteiger charge is 2.19. The minimum absolute atomic E-state index is 0.177. The van der Waals surface area contributed by atoms with E-state index < -0.39 is 6.10 Å². The Bertz CT molecular complexity index is 834. The highest BCUT2D eigenvalue weighted by molar-refractivity contribution is 5.94. The van der Waals surface area contributed by atoms with E-state index in [1.807, 2.05) is 12.1 Å². The summed E-state index contributed by atoms with van der Waals surface area (Å²) in [5.74, 6) is 0.606. The average Bonchev–Trinajstić information content (AvgIpc) is 2.78. The lowest BCUT2D eigenvalue weighted by atomic mass is 10.00. The van der Waals surface area contributed by atoms with Crippen LogP contribution in [0.25, 0.3) is 0 Å². The first-order chi connectivity index (χ1) is 14.7. The summed E-state index contributed by atoms with van der Waals surface area (Å²) in [6.07, 6.45) is 2.77. The number of piperidine rings is 1. The molecule has 6 heteroatoms. The second-order valence-corrected chi connectivity index (χ2v) is 8.23. The molecule has 2 unspecified atom stereocenters. The summed E-state index contributed by atoms with van der Waals surface area (Å²) in [5, 5.41) is 16.6. The number of benzene rings is 2. The summed E-state index contributed by atoms with van der Waals surface area (Å²) in [6, 6.07) is 15.7. The molecule has 1 saturated heterocycles. The molecular weight excluding hydrogens is 378 g/mol. The molecule has 160 valence electrons. The fourth-order valence-corrected chi connectivity index (χ4v) is 4.18. The van der Waals surface area contributed by atoms with Gasteiger partial charge in [0.2, 0.25) is 0 Å². The van der Waals surface area contributed by atoms with Gasteiger partial charge in [0.05, 0.1) is 6.10 Å². The summed E-state index contributed by atoms with van der Waals surface area (Å²) in [7, 11) is 0. The molecule has 4 rings (SSSR count). The number of nitrogens with zero attached hydrogens (tertiary/aromatic N) is 1. The lowest BCUT2D eigenvalue weighted by Gasteiger charge is -2.30. The van der Waals surface area contributed by atoms with Gasteiger partial charge < -0.3 is 20.5 Å². The Kier molecular flexibility index (Phi) is 7.00. The molecule has 0 radical (unpaired) electrons. The van der Waals surface area contributed by atoms with E-state index in [1.165, 1.54) is 11.1 Å². The minimum atomic E-state index is -0.597. The van der Waals surface area contributed by atoms with Crippen LogP contribution in [-0.2, 0) is 13.0 Å². The van der Waals surface area contributed by atoms with Crippen LogP contribution in [0.4, 0.5) is 0 Å². The van der Waals surface area contributed by atoms with Gasteiger partial charge in [0, 0.05) is 38.3 Å².